The molecule has 16 heavy (non-hydrogen) atoms. The molecule has 0 aliphatic carbocycles. The van der Waals surface area contributed by atoms with Crippen LogP contribution in [0.2, 0.25) is 0 Å². The van der Waals surface area contributed by atoms with Gasteiger partial charge in [-0.15, -0.1) is 29.3 Å². The zero-order valence-corrected chi connectivity index (χ0v) is 10.6. The molecule has 0 aromatic carbocycles. The molecule has 2 nitrogen and oxygen atoms in total. The van der Waals surface area contributed by atoms with Crippen LogP contribution in [0.15, 0.2) is 35.5 Å². The predicted octanol–water partition coefficient (Wildman–Crippen LogP) is 3.19. The number of thiazole rings is 1. The lowest BCUT2D eigenvalue weighted by molar-refractivity contribution is 0.742. The predicted molar refractivity (Wildman–Crippen MR) is 72.2 cm³/mol. The van der Waals surface area contributed by atoms with Gasteiger partial charge in [-0.05, 0) is 11.4 Å². The highest BCUT2D eigenvalue weighted by Crippen LogP contribution is 2.25. The summed E-state index contributed by atoms with van der Waals surface area (Å²) in [7, 11) is 0. The normalized spacial score (nSPS) is 10.5. The first-order chi connectivity index (χ1) is 7.90. The summed E-state index contributed by atoms with van der Waals surface area (Å²) in [5.74, 6) is 0. The van der Waals surface area contributed by atoms with E-state index in [0.29, 0.717) is 0 Å². The molecule has 0 atom stereocenters. The highest BCUT2D eigenvalue weighted by molar-refractivity contribution is 7.14. The minimum Gasteiger partial charge on any atom is -0.313 e. The van der Waals surface area contributed by atoms with E-state index in [-0.39, 0.29) is 0 Å². The number of hydrogen-bond donors (Lipinski definition) is 1. The second kappa shape index (κ2) is 5.94. The van der Waals surface area contributed by atoms with Crippen LogP contribution in [0.3, 0.4) is 0 Å². The molecule has 4 heteroatoms. The van der Waals surface area contributed by atoms with E-state index < -0.39 is 0 Å². The van der Waals surface area contributed by atoms with E-state index in [9.17, 15) is 0 Å². The maximum absolute atomic E-state index is 4.61. The van der Waals surface area contributed by atoms with E-state index >= 15 is 0 Å². The van der Waals surface area contributed by atoms with Crippen molar-refractivity contribution in [3.05, 3.63) is 40.6 Å². The van der Waals surface area contributed by atoms with Crippen LogP contribution < -0.4 is 5.32 Å². The van der Waals surface area contributed by atoms with Crippen LogP contribution >= 0.6 is 22.7 Å². The lowest BCUT2D eigenvalue weighted by Crippen LogP contribution is -2.16. The molecule has 0 radical (unpaired) electrons. The van der Waals surface area contributed by atoms with Crippen LogP contribution in [0.1, 0.15) is 5.01 Å². The van der Waals surface area contributed by atoms with Gasteiger partial charge < -0.3 is 5.32 Å². The van der Waals surface area contributed by atoms with Gasteiger partial charge in [0.2, 0.25) is 0 Å². The zero-order valence-electron chi connectivity index (χ0n) is 8.98. The third-order valence-corrected chi connectivity index (χ3v) is 3.93. The molecule has 0 spiro atoms. The van der Waals surface area contributed by atoms with Gasteiger partial charge in [0.15, 0.2) is 0 Å². The summed E-state index contributed by atoms with van der Waals surface area (Å²) >= 11 is 3.47. The van der Waals surface area contributed by atoms with E-state index in [2.05, 4.69) is 39.8 Å². The van der Waals surface area contributed by atoms with Gasteiger partial charge >= 0.3 is 0 Å². The van der Waals surface area contributed by atoms with Gasteiger partial charge in [-0.25, -0.2) is 4.98 Å². The fraction of sp³-hybridized carbons (Fsp3) is 0.250. The number of rotatable bonds is 6. The van der Waals surface area contributed by atoms with Crippen molar-refractivity contribution in [2.75, 3.05) is 13.1 Å². The Morgan fingerprint density at radius 2 is 2.38 bits per heavy atom. The summed E-state index contributed by atoms with van der Waals surface area (Å²) in [5, 5.41) is 8.69. The largest absolute Gasteiger partial charge is 0.313 e. The Bertz CT molecular complexity index is 432. The molecule has 0 fully saturated rings. The summed E-state index contributed by atoms with van der Waals surface area (Å²) in [4.78, 5) is 5.86. The molecule has 0 saturated heterocycles. The molecule has 2 aromatic heterocycles. The van der Waals surface area contributed by atoms with Gasteiger partial charge in [-0.3, -0.25) is 0 Å². The molecular formula is C12H14N2S2. The van der Waals surface area contributed by atoms with Gasteiger partial charge in [0, 0.05) is 24.9 Å². The van der Waals surface area contributed by atoms with Crippen LogP contribution in [-0.4, -0.2) is 18.1 Å². The SMILES string of the molecule is C=CCNCCc1nc(-c2cccs2)cs1. The number of hydrogen-bond acceptors (Lipinski definition) is 4. The zero-order chi connectivity index (χ0) is 11.2. The van der Waals surface area contributed by atoms with E-state index in [1.807, 2.05) is 6.08 Å². The molecule has 84 valence electrons. The molecule has 0 amide bonds. The Balaban J connectivity index is 1.90. The average Bonchev–Trinajstić information content (AvgIpc) is 2.94. The molecule has 1 N–H and O–H groups in total. The summed E-state index contributed by atoms with van der Waals surface area (Å²) in [6, 6.07) is 4.17. The first-order valence-corrected chi connectivity index (χ1v) is 6.96. The Kier molecular flexibility index (Phi) is 4.27. The van der Waals surface area contributed by atoms with Gasteiger partial charge in [0.05, 0.1) is 15.6 Å². The van der Waals surface area contributed by atoms with Crippen molar-refractivity contribution < 1.29 is 0 Å². The third-order valence-electron chi connectivity index (χ3n) is 2.13. The Labute approximate surface area is 104 Å². The monoisotopic (exact) mass is 250 g/mol. The standard InChI is InChI=1S/C12H14N2S2/c1-2-6-13-7-5-12-14-10(9-16-12)11-4-3-8-15-11/h2-4,8-9,13H,1,5-7H2. The van der Waals surface area contributed by atoms with E-state index in [1.54, 1.807) is 22.7 Å². The van der Waals surface area contributed by atoms with Crippen molar-refractivity contribution in [1.82, 2.24) is 10.3 Å². The van der Waals surface area contributed by atoms with Crippen molar-refractivity contribution in [2.24, 2.45) is 0 Å². The quantitative estimate of drug-likeness (QED) is 0.629. The topological polar surface area (TPSA) is 24.9 Å². The maximum atomic E-state index is 4.61. The Morgan fingerprint density at radius 3 is 3.12 bits per heavy atom. The fourth-order valence-corrected chi connectivity index (χ4v) is 2.92. The summed E-state index contributed by atoms with van der Waals surface area (Å²) in [6.45, 7) is 5.49. The highest BCUT2D eigenvalue weighted by atomic mass is 32.1. The molecule has 2 aromatic rings. The highest BCUT2D eigenvalue weighted by Gasteiger charge is 2.04. The molecular weight excluding hydrogens is 236 g/mol. The number of nitrogens with one attached hydrogen (secondary N) is 1. The van der Waals surface area contributed by atoms with Crippen molar-refractivity contribution in [3.63, 3.8) is 0 Å². The van der Waals surface area contributed by atoms with Gasteiger partial charge in [0.1, 0.15) is 0 Å². The van der Waals surface area contributed by atoms with Gasteiger partial charge in [-0.2, -0.15) is 0 Å². The van der Waals surface area contributed by atoms with Crippen LogP contribution in [-0.2, 0) is 6.42 Å². The van der Waals surface area contributed by atoms with Crippen molar-refractivity contribution in [1.29, 1.82) is 0 Å². The van der Waals surface area contributed by atoms with Gasteiger partial charge in [0.25, 0.3) is 0 Å². The van der Waals surface area contributed by atoms with Crippen LogP contribution in [0.5, 0.6) is 0 Å². The molecule has 0 bridgehead atoms. The first-order valence-electron chi connectivity index (χ1n) is 5.20. The van der Waals surface area contributed by atoms with Crippen molar-refractivity contribution >= 4 is 22.7 Å². The number of thiophene rings is 1. The molecule has 2 heterocycles. The number of aromatic nitrogens is 1. The lowest BCUT2D eigenvalue weighted by atomic mass is 10.4. The third kappa shape index (κ3) is 3.01. The van der Waals surface area contributed by atoms with Crippen LogP contribution in [0.4, 0.5) is 0 Å². The smallest absolute Gasteiger partial charge is 0.0945 e. The second-order valence-corrected chi connectivity index (χ2v) is 5.24. The number of nitrogens with zero attached hydrogens (tertiary/aromatic N) is 1. The van der Waals surface area contributed by atoms with Crippen LogP contribution in [0, 0.1) is 0 Å². The fourth-order valence-electron chi connectivity index (χ4n) is 1.36. The van der Waals surface area contributed by atoms with Crippen molar-refractivity contribution in [3.8, 4) is 10.6 Å². The van der Waals surface area contributed by atoms with Gasteiger partial charge in [-0.1, -0.05) is 12.1 Å². The Morgan fingerprint density at radius 1 is 1.44 bits per heavy atom. The molecule has 0 unspecified atom stereocenters. The Hall–Kier alpha value is -0.970. The summed E-state index contributed by atoms with van der Waals surface area (Å²) in [6.07, 6.45) is 2.86. The average molecular weight is 250 g/mol. The van der Waals surface area contributed by atoms with E-state index in [0.717, 1.165) is 25.2 Å². The second-order valence-electron chi connectivity index (χ2n) is 3.35. The minimum absolute atomic E-state index is 0.864. The van der Waals surface area contributed by atoms with E-state index in [1.165, 1.54) is 9.88 Å². The summed E-state index contributed by atoms with van der Waals surface area (Å²) in [5.41, 5.74) is 1.11. The van der Waals surface area contributed by atoms with Crippen molar-refractivity contribution in [2.45, 2.75) is 6.42 Å². The molecule has 0 aliphatic heterocycles. The molecule has 0 saturated carbocycles. The maximum Gasteiger partial charge on any atom is 0.0945 e. The molecule has 2 rings (SSSR count). The first kappa shape index (κ1) is 11.5. The lowest BCUT2D eigenvalue weighted by Gasteiger charge is -1.97. The molecule has 0 aliphatic rings. The van der Waals surface area contributed by atoms with Crippen LogP contribution in [0.25, 0.3) is 10.6 Å². The summed E-state index contributed by atoms with van der Waals surface area (Å²) < 4.78 is 0. The van der Waals surface area contributed by atoms with E-state index in [4.69, 9.17) is 0 Å². The minimum atomic E-state index is 0.864.